The van der Waals surface area contributed by atoms with E-state index in [-0.39, 0.29) is 36.1 Å². The van der Waals surface area contributed by atoms with Gasteiger partial charge in [0.1, 0.15) is 0 Å². The summed E-state index contributed by atoms with van der Waals surface area (Å²) in [6.07, 6.45) is 0.243. The van der Waals surface area contributed by atoms with Crippen molar-refractivity contribution < 1.29 is 22.1 Å². The molecule has 0 saturated carbocycles. The molecule has 0 bridgehead atoms. The van der Waals surface area contributed by atoms with Gasteiger partial charge in [-0.25, -0.2) is 17.1 Å². The summed E-state index contributed by atoms with van der Waals surface area (Å²) in [5.41, 5.74) is 0. The Kier molecular flexibility index (Phi) is 6.28. The van der Waals surface area contributed by atoms with E-state index in [0.29, 0.717) is 10.8 Å². The first-order valence-electron chi connectivity index (χ1n) is 8.27. The predicted molar refractivity (Wildman–Crippen MR) is 100 cm³/mol. The van der Waals surface area contributed by atoms with E-state index in [4.69, 9.17) is 20.9 Å². The van der Waals surface area contributed by atoms with Gasteiger partial charge >= 0.3 is 0 Å². The summed E-state index contributed by atoms with van der Waals surface area (Å²) in [6.45, 7) is 0.0605. The molecule has 0 spiro atoms. The van der Waals surface area contributed by atoms with E-state index in [9.17, 15) is 12.8 Å². The molecule has 3 rings (SSSR count). The average molecular weight is 426 g/mol. The van der Waals surface area contributed by atoms with Crippen LogP contribution in [-0.2, 0) is 23.1 Å². The number of benzene rings is 2. The van der Waals surface area contributed by atoms with Crippen LogP contribution in [0.15, 0.2) is 57.9 Å². The quantitative estimate of drug-likeness (QED) is 0.550. The van der Waals surface area contributed by atoms with Crippen LogP contribution in [0.2, 0.25) is 5.02 Å². The molecule has 2 aromatic carbocycles. The maximum atomic E-state index is 13.5. The molecule has 0 unspecified atom stereocenters. The highest BCUT2D eigenvalue weighted by Gasteiger charge is 2.21. The Balaban J connectivity index is 1.56. The van der Waals surface area contributed by atoms with Crippen LogP contribution in [0.5, 0.6) is 5.75 Å². The number of ether oxygens (including phenoxy) is 1. The second-order valence-electron chi connectivity index (χ2n) is 5.85. The molecule has 1 aromatic heterocycles. The number of aromatic nitrogens is 2. The minimum atomic E-state index is -3.65. The molecule has 0 amide bonds. The molecule has 0 N–H and O–H groups in total. The lowest BCUT2D eigenvalue weighted by atomic mass is 10.3. The van der Waals surface area contributed by atoms with Crippen LogP contribution in [0.3, 0.4) is 0 Å². The third-order valence-corrected chi connectivity index (χ3v) is 5.99. The van der Waals surface area contributed by atoms with Gasteiger partial charge in [-0.3, -0.25) is 0 Å². The van der Waals surface area contributed by atoms with Crippen molar-refractivity contribution in [2.75, 3.05) is 13.6 Å². The van der Waals surface area contributed by atoms with E-state index in [2.05, 4.69) is 10.1 Å². The Labute approximate surface area is 166 Å². The molecule has 10 heteroatoms. The van der Waals surface area contributed by atoms with Crippen molar-refractivity contribution in [2.24, 2.45) is 0 Å². The highest BCUT2D eigenvalue weighted by atomic mass is 35.5. The summed E-state index contributed by atoms with van der Waals surface area (Å²) in [6, 6.07) is 11.9. The first-order chi connectivity index (χ1) is 13.4. The van der Waals surface area contributed by atoms with Gasteiger partial charge in [0, 0.05) is 25.0 Å². The Morgan fingerprint density at radius 2 is 1.89 bits per heavy atom. The molecule has 148 valence electrons. The number of sulfonamides is 1. The van der Waals surface area contributed by atoms with Gasteiger partial charge in [0.25, 0.3) is 5.89 Å². The van der Waals surface area contributed by atoms with Crippen molar-refractivity contribution in [3.8, 4) is 5.75 Å². The van der Waals surface area contributed by atoms with E-state index < -0.39 is 15.8 Å². The molecule has 0 saturated heterocycles. The van der Waals surface area contributed by atoms with E-state index in [0.717, 1.165) is 0 Å². The fourth-order valence-corrected chi connectivity index (χ4v) is 3.61. The number of hydrogen-bond acceptors (Lipinski definition) is 6. The third kappa shape index (κ3) is 4.86. The van der Waals surface area contributed by atoms with E-state index in [1.165, 1.54) is 47.8 Å². The first kappa shape index (κ1) is 20.2. The fraction of sp³-hybridized carbons (Fsp3) is 0.222. The summed E-state index contributed by atoms with van der Waals surface area (Å²) in [7, 11) is -2.18. The molecule has 0 aliphatic carbocycles. The summed E-state index contributed by atoms with van der Waals surface area (Å²) >= 11 is 5.79. The second kappa shape index (κ2) is 8.68. The predicted octanol–water partition coefficient (Wildman–Crippen LogP) is 3.30. The molecule has 0 fully saturated rings. The molecular weight excluding hydrogens is 409 g/mol. The van der Waals surface area contributed by atoms with Crippen LogP contribution < -0.4 is 4.74 Å². The SMILES string of the molecule is CN(CCc1noc(COc2ccccc2F)n1)S(=O)(=O)c1ccc(Cl)cc1. The van der Waals surface area contributed by atoms with Crippen molar-refractivity contribution in [3.63, 3.8) is 0 Å². The minimum absolute atomic E-state index is 0.0797. The molecule has 0 aliphatic heterocycles. The lowest BCUT2D eigenvalue weighted by Gasteiger charge is -2.16. The molecule has 28 heavy (non-hydrogen) atoms. The number of likely N-dealkylation sites (N-methyl/N-ethyl adjacent to an activating group) is 1. The molecule has 0 radical (unpaired) electrons. The van der Waals surface area contributed by atoms with Gasteiger partial charge in [0.2, 0.25) is 10.0 Å². The summed E-state index contributed by atoms with van der Waals surface area (Å²) in [4.78, 5) is 4.27. The van der Waals surface area contributed by atoms with Crippen LogP contribution >= 0.6 is 11.6 Å². The van der Waals surface area contributed by atoms with Crippen LogP contribution in [-0.4, -0.2) is 36.5 Å². The molecule has 0 aliphatic rings. The van der Waals surface area contributed by atoms with Crippen molar-refractivity contribution in [2.45, 2.75) is 17.9 Å². The molecule has 0 atom stereocenters. The zero-order chi connectivity index (χ0) is 20.1. The minimum Gasteiger partial charge on any atom is -0.481 e. The van der Waals surface area contributed by atoms with Gasteiger partial charge in [-0.1, -0.05) is 28.9 Å². The third-order valence-electron chi connectivity index (χ3n) is 3.87. The van der Waals surface area contributed by atoms with Crippen LogP contribution in [0, 0.1) is 5.82 Å². The summed E-state index contributed by atoms with van der Waals surface area (Å²) in [5.74, 6) is 0.0825. The Bertz CT molecular complexity index is 1040. The largest absolute Gasteiger partial charge is 0.481 e. The average Bonchev–Trinajstić information content (AvgIpc) is 3.13. The molecule has 3 aromatic rings. The first-order valence-corrected chi connectivity index (χ1v) is 10.1. The normalized spacial score (nSPS) is 11.7. The van der Waals surface area contributed by atoms with Crippen LogP contribution in [0.1, 0.15) is 11.7 Å². The Hall–Kier alpha value is -2.49. The standard InChI is InChI=1S/C18H17ClFN3O4S/c1-23(28(24,25)14-8-6-13(19)7-9-14)11-10-17-21-18(27-22-17)12-26-16-5-3-2-4-15(16)20/h2-9H,10-12H2,1H3. The maximum Gasteiger partial charge on any atom is 0.264 e. The number of halogens is 2. The van der Waals surface area contributed by atoms with Gasteiger partial charge in [-0.15, -0.1) is 0 Å². The maximum absolute atomic E-state index is 13.5. The number of hydrogen-bond donors (Lipinski definition) is 0. The smallest absolute Gasteiger partial charge is 0.264 e. The monoisotopic (exact) mass is 425 g/mol. The highest BCUT2D eigenvalue weighted by Crippen LogP contribution is 2.18. The van der Waals surface area contributed by atoms with Crippen molar-refractivity contribution in [3.05, 3.63) is 71.1 Å². The van der Waals surface area contributed by atoms with Crippen LogP contribution in [0.25, 0.3) is 0 Å². The lowest BCUT2D eigenvalue weighted by Crippen LogP contribution is -2.29. The number of rotatable bonds is 8. The van der Waals surface area contributed by atoms with Crippen molar-refractivity contribution >= 4 is 21.6 Å². The van der Waals surface area contributed by atoms with Crippen LogP contribution in [0.4, 0.5) is 4.39 Å². The zero-order valence-electron chi connectivity index (χ0n) is 14.9. The van der Waals surface area contributed by atoms with Gasteiger partial charge in [0.15, 0.2) is 24.0 Å². The van der Waals surface area contributed by atoms with Gasteiger partial charge < -0.3 is 9.26 Å². The van der Waals surface area contributed by atoms with Gasteiger partial charge in [-0.05, 0) is 36.4 Å². The van der Waals surface area contributed by atoms with E-state index in [1.807, 2.05) is 0 Å². The number of para-hydroxylation sites is 1. The van der Waals surface area contributed by atoms with Gasteiger partial charge in [-0.2, -0.15) is 4.98 Å². The second-order valence-corrected chi connectivity index (χ2v) is 8.34. The lowest BCUT2D eigenvalue weighted by molar-refractivity contribution is 0.234. The fourth-order valence-electron chi connectivity index (χ4n) is 2.32. The molecule has 1 heterocycles. The van der Waals surface area contributed by atoms with E-state index in [1.54, 1.807) is 12.1 Å². The topological polar surface area (TPSA) is 85.5 Å². The van der Waals surface area contributed by atoms with E-state index >= 15 is 0 Å². The molecular formula is C18H17ClFN3O4S. The Morgan fingerprint density at radius 3 is 2.61 bits per heavy atom. The van der Waals surface area contributed by atoms with Crippen molar-refractivity contribution in [1.82, 2.24) is 14.4 Å². The Morgan fingerprint density at radius 1 is 1.18 bits per heavy atom. The summed E-state index contributed by atoms with van der Waals surface area (Å²) < 4.78 is 50.1. The number of nitrogens with zero attached hydrogens (tertiary/aromatic N) is 3. The summed E-state index contributed by atoms with van der Waals surface area (Å²) in [5, 5.41) is 4.25. The highest BCUT2D eigenvalue weighted by molar-refractivity contribution is 7.89. The zero-order valence-corrected chi connectivity index (χ0v) is 16.5. The molecule has 7 nitrogen and oxygen atoms in total. The van der Waals surface area contributed by atoms with Gasteiger partial charge in [0.05, 0.1) is 4.90 Å². The van der Waals surface area contributed by atoms with Crippen molar-refractivity contribution in [1.29, 1.82) is 0 Å².